The van der Waals surface area contributed by atoms with Gasteiger partial charge in [0, 0.05) is 35.5 Å². The van der Waals surface area contributed by atoms with E-state index < -0.39 is 0 Å². The lowest BCUT2D eigenvalue weighted by molar-refractivity contribution is -0.116. The van der Waals surface area contributed by atoms with Gasteiger partial charge >= 0.3 is 6.03 Å². The second-order valence-corrected chi connectivity index (χ2v) is 8.45. The average molecular weight is 458 g/mol. The van der Waals surface area contributed by atoms with Gasteiger partial charge in [-0.15, -0.1) is 0 Å². The molecule has 0 bridgehead atoms. The van der Waals surface area contributed by atoms with Crippen molar-refractivity contribution in [1.29, 1.82) is 0 Å². The number of urea groups is 1. The Labute approximate surface area is 195 Å². The summed E-state index contributed by atoms with van der Waals surface area (Å²) in [5.41, 5.74) is 2.54. The molecule has 0 radical (unpaired) electrons. The molecule has 0 unspecified atom stereocenters. The SMILES string of the molecule is COc1cccc(NC(=O)N[C@@H]2[C@H]3Oc4ccc(Oc5ccnc6c5CCC(=O)N6)cc4[C@@H]23)c1. The first-order valence-electron chi connectivity index (χ1n) is 11.1. The summed E-state index contributed by atoms with van der Waals surface area (Å²) in [5.74, 6) is 3.39. The number of carbonyl (C=O) groups is 2. The molecule has 3 atom stereocenters. The molecule has 1 aromatic heterocycles. The van der Waals surface area contributed by atoms with E-state index in [1.54, 1.807) is 31.5 Å². The summed E-state index contributed by atoms with van der Waals surface area (Å²) < 4.78 is 17.4. The predicted octanol–water partition coefficient (Wildman–Crippen LogP) is 3.82. The molecule has 3 amide bonds. The van der Waals surface area contributed by atoms with E-state index in [2.05, 4.69) is 20.9 Å². The smallest absolute Gasteiger partial charge is 0.319 e. The Kier molecular flexibility index (Phi) is 4.75. The average Bonchev–Trinajstić information content (AvgIpc) is 3.35. The first kappa shape index (κ1) is 20.3. The number of nitrogens with one attached hydrogen (secondary N) is 3. The maximum atomic E-state index is 12.5. The van der Waals surface area contributed by atoms with E-state index in [1.165, 1.54) is 0 Å². The maximum absolute atomic E-state index is 12.5. The van der Waals surface area contributed by atoms with Gasteiger partial charge in [-0.3, -0.25) is 4.79 Å². The number of fused-ring (bicyclic) bond motifs is 4. The zero-order chi connectivity index (χ0) is 23.2. The molecule has 1 saturated carbocycles. The lowest BCUT2D eigenvalue weighted by Crippen LogP contribution is -2.33. The molecule has 1 fully saturated rings. The highest BCUT2D eigenvalue weighted by atomic mass is 16.5. The van der Waals surface area contributed by atoms with Crippen LogP contribution in [0.15, 0.2) is 54.7 Å². The minimum absolute atomic E-state index is 0.0411. The summed E-state index contributed by atoms with van der Waals surface area (Å²) in [6.45, 7) is 0. The number of anilines is 2. The molecule has 3 aromatic rings. The van der Waals surface area contributed by atoms with Crippen molar-refractivity contribution in [2.24, 2.45) is 0 Å². The third-order valence-electron chi connectivity index (χ3n) is 6.28. The number of ether oxygens (including phenoxy) is 3. The highest BCUT2D eigenvalue weighted by Gasteiger charge is 2.59. The molecule has 0 spiro atoms. The van der Waals surface area contributed by atoms with Crippen LogP contribution in [-0.2, 0) is 11.2 Å². The second kappa shape index (κ2) is 7.95. The van der Waals surface area contributed by atoms with Crippen LogP contribution < -0.4 is 30.2 Å². The van der Waals surface area contributed by atoms with Crippen molar-refractivity contribution in [2.75, 3.05) is 17.7 Å². The van der Waals surface area contributed by atoms with E-state index in [0.29, 0.717) is 41.6 Å². The molecule has 9 heteroatoms. The van der Waals surface area contributed by atoms with E-state index in [1.807, 2.05) is 30.3 Å². The van der Waals surface area contributed by atoms with Crippen molar-refractivity contribution in [3.05, 3.63) is 65.9 Å². The normalized spacial score (nSPS) is 21.2. The van der Waals surface area contributed by atoms with Crippen LogP contribution in [-0.4, -0.2) is 36.2 Å². The number of pyridine rings is 1. The first-order chi connectivity index (χ1) is 16.6. The number of nitrogens with zero attached hydrogens (tertiary/aromatic N) is 1. The molecule has 9 nitrogen and oxygen atoms in total. The molecule has 2 aromatic carbocycles. The van der Waals surface area contributed by atoms with Gasteiger partial charge in [-0.05, 0) is 42.8 Å². The molecule has 3 aliphatic rings. The van der Waals surface area contributed by atoms with Crippen LogP contribution in [0.25, 0.3) is 0 Å². The van der Waals surface area contributed by atoms with Crippen molar-refractivity contribution in [1.82, 2.24) is 10.3 Å². The summed E-state index contributed by atoms with van der Waals surface area (Å²) in [6.07, 6.45) is 2.51. The number of carbonyl (C=O) groups excluding carboxylic acids is 2. The molecule has 34 heavy (non-hydrogen) atoms. The second-order valence-electron chi connectivity index (χ2n) is 8.45. The topological polar surface area (TPSA) is 111 Å². The van der Waals surface area contributed by atoms with Gasteiger partial charge in [0.1, 0.15) is 34.9 Å². The Morgan fingerprint density at radius 2 is 2.06 bits per heavy atom. The number of methoxy groups -OCH3 is 1. The molecule has 0 saturated heterocycles. The van der Waals surface area contributed by atoms with E-state index in [-0.39, 0.29) is 30.0 Å². The summed E-state index contributed by atoms with van der Waals surface area (Å²) in [4.78, 5) is 28.4. The van der Waals surface area contributed by atoms with Gasteiger partial charge in [0.25, 0.3) is 0 Å². The third kappa shape index (κ3) is 3.64. The van der Waals surface area contributed by atoms with Gasteiger partial charge in [-0.25, -0.2) is 9.78 Å². The summed E-state index contributed by atoms with van der Waals surface area (Å²) in [5, 5.41) is 8.61. The Morgan fingerprint density at radius 1 is 1.15 bits per heavy atom. The zero-order valence-corrected chi connectivity index (χ0v) is 18.3. The molecule has 172 valence electrons. The Morgan fingerprint density at radius 3 is 2.94 bits per heavy atom. The minimum atomic E-state index is -0.296. The van der Waals surface area contributed by atoms with Crippen molar-refractivity contribution in [3.63, 3.8) is 0 Å². The van der Waals surface area contributed by atoms with E-state index in [0.717, 1.165) is 16.9 Å². The zero-order valence-electron chi connectivity index (χ0n) is 18.3. The fourth-order valence-corrected chi connectivity index (χ4v) is 4.58. The molecule has 3 heterocycles. The van der Waals surface area contributed by atoms with Crippen LogP contribution in [0.1, 0.15) is 23.5 Å². The van der Waals surface area contributed by atoms with Gasteiger partial charge in [0.05, 0.1) is 19.1 Å². The van der Waals surface area contributed by atoms with Gasteiger partial charge in [0.15, 0.2) is 0 Å². The first-order valence-corrected chi connectivity index (χ1v) is 11.1. The number of hydrogen-bond donors (Lipinski definition) is 3. The number of rotatable bonds is 5. The van der Waals surface area contributed by atoms with Crippen molar-refractivity contribution >= 4 is 23.4 Å². The summed E-state index contributed by atoms with van der Waals surface area (Å²) in [6, 6.07) is 14.3. The van der Waals surface area contributed by atoms with Crippen LogP contribution in [0.2, 0.25) is 0 Å². The van der Waals surface area contributed by atoms with Crippen LogP contribution in [0.3, 0.4) is 0 Å². The standard InChI is InChI=1S/C25H22N4O5/c1-32-14-4-2-3-13(11-14)27-25(31)29-22-21-17-12-15(5-7-18(17)34-23(21)22)33-19-9-10-26-24-16(19)6-8-20(30)28-24/h2-5,7,9-12,21-23H,6,8H2,1H3,(H,26,28,30)(H2,27,29,31)/t21-,22-,23-/m0/s1. The number of amides is 3. The Hall–Kier alpha value is -4.27. The van der Waals surface area contributed by atoms with Gasteiger partial charge in [0.2, 0.25) is 5.91 Å². The van der Waals surface area contributed by atoms with Gasteiger partial charge < -0.3 is 30.2 Å². The van der Waals surface area contributed by atoms with E-state index in [9.17, 15) is 9.59 Å². The monoisotopic (exact) mass is 458 g/mol. The Bertz CT molecular complexity index is 1310. The van der Waals surface area contributed by atoms with Crippen molar-refractivity contribution < 1.29 is 23.8 Å². The number of benzene rings is 2. The molecular formula is C25H22N4O5. The fourth-order valence-electron chi connectivity index (χ4n) is 4.58. The summed E-state index contributed by atoms with van der Waals surface area (Å²) in [7, 11) is 1.58. The highest BCUT2D eigenvalue weighted by Crippen LogP contribution is 2.54. The van der Waals surface area contributed by atoms with E-state index in [4.69, 9.17) is 14.2 Å². The quantitative estimate of drug-likeness (QED) is 0.536. The molecular weight excluding hydrogens is 436 g/mol. The third-order valence-corrected chi connectivity index (χ3v) is 6.28. The van der Waals surface area contributed by atoms with Gasteiger partial charge in [-0.2, -0.15) is 0 Å². The van der Waals surface area contributed by atoms with Crippen molar-refractivity contribution in [3.8, 4) is 23.0 Å². The summed E-state index contributed by atoms with van der Waals surface area (Å²) >= 11 is 0. The Balaban J connectivity index is 1.14. The van der Waals surface area contributed by atoms with Crippen LogP contribution in [0, 0.1) is 0 Å². The van der Waals surface area contributed by atoms with Crippen LogP contribution >= 0.6 is 0 Å². The predicted molar refractivity (Wildman–Crippen MR) is 124 cm³/mol. The fraction of sp³-hybridized carbons (Fsp3) is 0.240. The molecule has 1 aliphatic carbocycles. The lowest BCUT2D eigenvalue weighted by atomic mass is 10.1. The lowest BCUT2D eigenvalue weighted by Gasteiger charge is -2.19. The molecule has 6 rings (SSSR count). The maximum Gasteiger partial charge on any atom is 0.319 e. The largest absolute Gasteiger partial charge is 0.497 e. The highest BCUT2D eigenvalue weighted by molar-refractivity contribution is 5.93. The van der Waals surface area contributed by atoms with E-state index >= 15 is 0 Å². The van der Waals surface area contributed by atoms with Crippen LogP contribution in [0.4, 0.5) is 16.3 Å². The number of aromatic nitrogens is 1. The van der Waals surface area contributed by atoms with Crippen LogP contribution in [0.5, 0.6) is 23.0 Å². The van der Waals surface area contributed by atoms with Crippen molar-refractivity contribution in [2.45, 2.75) is 30.9 Å². The molecule has 3 N–H and O–H groups in total. The minimum Gasteiger partial charge on any atom is -0.497 e. The molecule has 2 aliphatic heterocycles. The number of hydrogen-bond acceptors (Lipinski definition) is 6. The van der Waals surface area contributed by atoms with Gasteiger partial charge in [-0.1, -0.05) is 6.07 Å².